The highest BCUT2D eigenvalue weighted by atomic mass is 16.3. The van der Waals surface area contributed by atoms with Crippen LogP contribution in [-0.4, -0.2) is 14.7 Å². The van der Waals surface area contributed by atoms with E-state index in [-0.39, 0.29) is 0 Å². The summed E-state index contributed by atoms with van der Waals surface area (Å²) in [5.41, 5.74) is 4.96. The predicted molar refractivity (Wildman–Crippen MR) is 120 cm³/mol. The molecule has 3 aromatic carbocycles. The fourth-order valence-corrected chi connectivity index (χ4v) is 3.12. The van der Waals surface area contributed by atoms with Crippen LogP contribution in [0, 0.1) is 0 Å². The van der Waals surface area contributed by atoms with E-state index in [0.29, 0.717) is 5.75 Å². The maximum absolute atomic E-state index is 9.10. The van der Waals surface area contributed by atoms with Crippen LogP contribution in [0.5, 0.6) is 5.75 Å². The van der Waals surface area contributed by atoms with Gasteiger partial charge in [-0.15, -0.1) is 0 Å². The van der Waals surface area contributed by atoms with E-state index in [4.69, 9.17) is 5.11 Å². The molecular weight excluding hydrogens is 356 g/mol. The Morgan fingerprint density at radius 2 is 1.41 bits per heavy atom. The summed E-state index contributed by atoms with van der Waals surface area (Å²) in [5, 5.41) is 9.10. The Morgan fingerprint density at radius 1 is 0.793 bits per heavy atom. The van der Waals surface area contributed by atoms with E-state index in [1.165, 1.54) is 29.7 Å². The molecule has 1 heterocycles. The molecular formula is C26H28N2O. The van der Waals surface area contributed by atoms with Crippen molar-refractivity contribution in [1.29, 1.82) is 0 Å². The molecule has 0 spiro atoms. The van der Waals surface area contributed by atoms with Crippen LogP contribution >= 0.6 is 0 Å². The Balaban J connectivity index is 0.000000169. The van der Waals surface area contributed by atoms with Crippen LogP contribution in [0.3, 0.4) is 0 Å². The summed E-state index contributed by atoms with van der Waals surface area (Å²) >= 11 is 0. The van der Waals surface area contributed by atoms with E-state index in [9.17, 15) is 0 Å². The van der Waals surface area contributed by atoms with Crippen molar-refractivity contribution in [2.75, 3.05) is 0 Å². The third-order valence-electron chi connectivity index (χ3n) is 4.76. The van der Waals surface area contributed by atoms with Gasteiger partial charge in [0.25, 0.3) is 0 Å². The molecule has 29 heavy (non-hydrogen) atoms. The van der Waals surface area contributed by atoms with Crippen LogP contribution in [0.2, 0.25) is 0 Å². The lowest BCUT2D eigenvalue weighted by Crippen LogP contribution is -2.03. The first-order valence-corrected chi connectivity index (χ1v) is 10.1. The van der Waals surface area contributed by atoms with Gasteiger partial charge in [0.1, 0.15) is 5.75 Å². The van der Waals surface area contributed by atoms with Crippen LogP contribution < -0.4 is 0 Å². The Kier molecular flexibility index (Phi) is 7.64. The van der Waals surface area contributed by atoms with Gasteiger partial charge in [0.15, 0.2) is 0 Å². The van der Waals surface area contributed by atoms with Crippen LogP contribution in [0.4, 0.5) is 0 Å². The number of aromatic nitrogens is 2. The van der Waals surface area contributed by atoms with Crippen molar-refractivity contribution in [2.24, 2.45) is 0 Å². The van der Waals surface area contributed by atoms with E-state index in [1.54, 1.807) is 12.1 Å². The lowest BCUT2D eigenvalue weighted by Gasteiger charge is -2.07. The topological polar surface area (TPSA) is 38.0 Å². The molecule has 0 fully saturated rings. The fourth-order valence-electron chi connectivity index (χ4n) is 3.12. The van der Waals surface area contributed by atoms with Gasteiger partial charge in [0.05, 0.1) is 6.33 Å². The van der Waals surface area contributed by atoms with Crippen molar-refractivity contribution >= 4 is 0 Å². The number of imidazole rings is 1. The summed E-state index contributed by atoms with van der Waals surface area (Å²) in [4.78, 5) is 4.23. The monoisotopic (exact) mass is 384 g/mol. The van der Waals surface area contributed by atoms with Crippen molar-refractivity contribution in [3.05, 3.63) is 109 Å². The SMILES string of the molecule is CCCCc1cncn1Cc1ccccc1.Oc1ccc(-c2ccccc2)cc1. The van der Waals surface area contributed by atoms with Crippen molar-refractivity contribution in [1.82, 2.24) is 9.55 Å². The summed E-state index contributed by atoms with van der Waals surface area (Å²) in [7, 11) is 0. The van der Waals surface area contributed by atoms with Crippen molar-refractivity contribution < 1.29 is 5.11 Å². The minimum absolute atomic E-state index is 0.305. The third-order valence-corrected chi connectivity index (χ3v) is 4.76. The van der Waals surface area contributed by atoms with Gasteiger partial charge in [0, 0.05) is 18.4 Å². The van der Waals surface area contributed by atoms with E-state index < -0.39 is 0 Å². The van der Waals surface area contributed by atoms with Gasteiger partial charge in [-0.05, 0) is 41.7 Å². The minimum atomic E-state index is 0.305. The Bertz CT molecular complexity index is 961. The highest BCUT2D eigenvalue weighted by molar-refractivity contribution is 5.63. The van der Waals surface area contributed by atoms with Crippen molar-refractivity contribution in [3.63, 3.8) is 0 Å². The molecule has 0 bridgehead atoms. The molecule has 148 valence electrons. The average molecular weight is 385 g/mol. The first-order valence-electron chi connectivity index (χ1n) is 10.1. The molecule has 4 rings (SSSR count). The maximum Gasteiger partial charge on any atom is 0.115 e. The Labute approximate surface area is 173 Å². The van der Waals surface area contributed by atoms with Gasteiger partial charge in [0.2, 0.25) is 0 Å². The Morgan fingerprint density at radius 3 is 2.07 bits per heavy atom. The molecule has 4 aromatic rings. The van der Waals surface area contributed by atoms with Gasteiger partial charge in [-0.2, -0.15) is 0 Å². The molecule has 0 unspecified atom stereocenters. The fraction of sp³-hybridized carbons (Fsp3) is 0.192. The molecule has 0 saturated heterocycles. The second kappa shape index (κ2) is 10.9. The number of aromatic hydroxyl groups is 1. The second-order valence-corrected chi connectivity index (χ2v) is 7.01. The van der Waals surface area contributed by atoms with Crippen LogP contribution in [0.1, 0.15) is 31.0 Å². The number of benzene rings is 3. The smallest absolute Gasteiger partial charge is 0.115 e. The Hall–Kier alpha value is -3.33. The molecule has 1 aromatic heterocycles. The number of unbranched alkanes of at least 4 members (excludes halogenated alkanes) is 1. The molecule has 0 atom stereocenters. The quantitative estimate of drug-likeness (QED) is 0.421. The highest BCUT2D eigenvalue weighted by Gasteiger charge is 2.02. The summed E-state index contributed by atoms with van der Waals surface area (Å²) in [6.45, 7) is 3.15. The van der Waals surface area contributed by atoms with Gasteiger partial charge in [-0.25, -0.2) is 4.98 Å². The van der Waals surface area contributed by atoms with E-state index in [1.807, 2.05) is 55.0 Å². The van der Waals surface area contributed by atoms with E-state index in [2.05, 4.69) is 46.8 Å². The van der Waals surface area contributed by atoms with Crippen LogP contribution in [0.25, 0.3) is 11.1 Å². The molecule has 0 aliphatic carbocycles. The minimum Gasteiger partial charge on any atom is -0.508 e. The number of phenolic OH excluding ortho intramolecular Hbond substituents is 1. The molecule has 3 nitrogen and oxygen atoms in total. The number of rotatable bonds is 6. The molecule has 3 heteroatoms. The summed E-state index contributed by atoms with van der Waals surface area (Å²) in [6.07, 6.45) is 7.51. The normalized spacial score (nSPS) is 10.2. The standard InChI is InChI=1S/C14H18N2.C12H10O/c1-2-3-9-14-10-15-12-16(14)11-13-7-5-4-6-8-13;13-12-8-6-11(7-9-12)10-4-2-1-3-5-10/h4-8,10,12H,2-3,9,11H2,1H3;1-9,13H. The summed E-state index contributed by atoms with van der Waals surface area (Å²) in [6, 6.07) is 27.8. The number of aryl methyl sites for hydroxylation is 1. The maximum atomic E-state index is 9.10. The number of hydrogen-bond donors (Lipinski definition) is 1. The predicted octanol–water partition coefficient (Wildman–Crippen LogP) is 6.33. The van der Waals surface area contributed by atoms with Crippen LogP contribution in [0.15, 0.2) is 97.5 Å². The van der Waals surface area contributed by atoms with Gasteiger partial charge in [-0.3, -0.25) is 0 Å². The number of nitrogens with zero attached hydrogens (tertiary/aromatic N) is 2. The largest absolute Gasteiger partial charge is 0.508 e. The zero-order valence-corrected chi connectivity index (χ0v) is 16.9. The van der Waals surface area contributed by atoms with Gasteiger partial charge < -0.3 is 9.67 Å². The van der Waals surface area contributed by atoms with Gasteiger partial charge in [-0.1, -0.05) is 86.1 Å². The average Bonchev–Trinajstić information content (AvgIpc) is 3.21. The zero-order valence-electron chi connectivity index (χ0n) is 16.9. The van der Waals surface area contributed by atoms with Crippen LogP contribution in [-0.2, 0) is 13.0 Å². The molecule has 0 aliphatic heterocycles. The molecule has 1 N–H and O–H groups in total. The van der Waals surface area contributed by atoms with E-state index >= 15 is 0 Å². The molecule has 0 radical (unpaired) electrons. The number of hydrogen-bond acceptors (Lipinski definition) is 2. The lowest BCUT2D eigenvalue weighted by atomic mass is 10.1. The first kappa shape index (κ1) is 20.4. The van der Waals surface area contributed by atoms with Crippen molar-refractivity contribution in [3.8, 4) is 16.9 Å². The third kappa shape index (κ3) is 6.35. The van der Waals surface area contributed by atoms with E-state index in [0.717, 1.165) is 18.5 Å². The van der Waals surface area contributed by atoms with Gasteiger partial charge >= 0.3 is 0 Å². The van der Waals surface area contributed by atoms with Crippen molar-refractivity contribution in [2.45, 2.75) is 32.7 Å². The number of phenols is 1. The molecule has 0 amide bonds. The molecule has 0 saturated carbocycles. The lowest BCUT2D eigenvalue weighted by molar-refractivity contribution is 0.475. The zero-order chi connectivity index (χ0) is 20.3. The molecule has 0 aliphatic rings. The second-order valence-electron chi connectivity index (χ2n) is 7.01. The first-order chi connectivity index (χ1) is 14.3. The highest BCUT2D eigenvalue weighted by Crippen LogP contribution is 2.20. The summed E-state index contributed by atoms with van der Waals surface area (Å²) in [5.74, 6) is 0.305. The summed E-state index contributed by atoms with van der Waals surface area (Å²) < 4.78 is 2.24.